The highest BCUT2D eigenvalue weighted by Gasteiger charge is 2.08. The van der Waals surface area contributed by atoms with Gasteiger partial charge in [0.15, 0.2) is 0 Å². The first-order valence-electron chi connectivity index (χ1n) is 7.22. The van der Waals surface area contributed by atoms with Gasteiger partial charge in [-0.1, -0.05) is 42.5 Å². The van der Waals surface area contributed by atoms with Crippen LogP contribution in [0.15, 0.2) is 59.0 Å². The van der Waals surface area contributed by atoms with Crippen LogP contribution >= 0.6 is 0 Å². The summed E-state index contributed by atoms with van der Waals surface area (Å²) in [5.41, 5.74) is 3.37. The molecule has 108 valence electrons. The molecule has 1 heterocycles. The SMILES string of the molecule is OCCNCc1cccc2oc(Cc3ccccc3)cc12. The van der Waals surface area contributed by atoms with Crippen LogP contribution in [-0.2, 0) is 13.0 Å². The Morgan fingerprint density at radius 3 is 2.67 bits per heavy atom. The van der Waals surface area contributed by atoms with Crippen LogP contribution < -0.4 is 5.32 Å². The largest absolute Gasteiger partial charge is 0.461 e. The van der Waals surface area contributed by atoms with E-state index in [1.807, 2.05) is 30.3 Å². The predicted molar refractivity (Wildman–Crippen MR) is 84.3 cm³/mol. The highest BCUT2D eigenvalue weighted by Crippen LogP contribution is 2.24. The van der Waals surface area contributed by atoms with Gasteiger partial charge < -0.3 is 14.8 Å². The lowest BCUT2D eigenvalue weighted by Crippen LogP contribution is -2.17. The summed E-state index contributed by atoms with van der Waals surface area (Å²) in [5.74, 6) is 0.978. The van der Waals surface area contributed by atoms with Crippen LogP contribution in [0.4, 0.5) is 0 Å². The Balaban J connectivity index is 1.84. The molecule has 0 radical (unpaired) electrons. The Bertz CT molecular complexity index is 704. The molecule has 0 spiro atoms. The van der Waals surface area contributed by atoms with Crippen LogP contribution in [0.5, 0.6) is 0 Å². The summed E-state index contributed by atoms with van der Waals surface area (Å²) >= 11 is 0. The normalized spacial score (nSPS) is 11.1. The molecular formula is C18H19NO2. The summed E-state index contributed by atoms with van der Waals surface area (Å²) in [5, 5.41) is 13.2. The monoisotopic (exact) mass is 281 g/mol. The zero-order chi connectivity index (χ0) is 14.5. The molecule has 3 nitrogen and oxygen atoms in total. The van der Waals surface area contributed by atoms with E-state index in [1.165, 1.54) is 11.1 Å². The van der Waals surface area contributed by atoms with Gasteiger partial charge in [-0.2, -0.15) is 0 Å². The highest BCUT2D eigenvalue weighted by molar-refractivity contribution is 5.81. The van der Waals surface area contributed by atoms with E-state index in [4.69, 9.17) is 9.52 Å². The van der Waals surface area contributed by atoms with Gasteiger partial charge in [-0.25, -0.2) is 0 Å². The molecule has 0 unspecified atom stereocenters. The van der Waals surface area contributed by atoms with Gasteiger partial charge >= 0.3 is 0 Å². The average molecular weight is 281 g/mol. The number of fused-ring (bicyclic) bond motifs is 1. The third kappa shape index (κ3) is 3.32. The van der Waals surface area contributed by atoms with E-state index in [-0.39, 0.29) is 6.61 Å². The van der Waals surface area contributed by atoms with Crippen molar-refractivity contribution in [3.63, 3.8) is 0 Å². The van der Waals surface area contributed by atoms with Crippen LogP contribution in [0, 0.1) is 0 Å². The van der Waals surface area contributed by atoms with Gasteiger partial charge in [0.05, 0.1) is 6.61 Å². The molecule has 3 heteroatoms. The standard InChI is InChI=1S/C18H19NO2/c20-10-9-19-13-15-7-4-8-18-17(15)12-16(21-18)11-14-5-2-1-3-6-14/h1-8,12,19-20H,9-11,13H2. The lowest BCUT2D eigenvalue weighted by molar-refractivity contribution is 0.292. The maximum Gasteiger partial charge on any atom is 0.134 e. The molecule has 0 saturated heterocycles. The molecule has 1 aromatic heterocycles. The molecule has 0 aliphatic heterocycles. The molecule has 3 rings (SSSR count). The summed E-state index contributed by atoms with van der Waals surface area (Å²) in [6.45, 7) is 1.49. The van der Waals surface area contributed by atoms with Crippen molar-refractivity contribution in [1.82, 2.24) is 5.32 Å². The zero-order valence-electron chi connectivity index (χ0n) is 11.9. The number of nitrogens with one attached hydrogen (secondary N) is 1. The third-order valence-electron chi connectivity index (χ3n) is 3.53. The van der Waals surface area contributed by atoms with Crippen molar-refractivity contribution in [2.75, 3.05) is 13.2 Å². The molecular weight excluding hydrogens is 262 g/mol. The summed E-state index contributed by atoms with van der Waals surface area (Å²) in [7, 11) is 0. The quantitative estimate of drug-likeness (QED) is 0.682. The van der Waals surface area contributed by atoms with Crippen LogP contribution in [0.2, 0.25) is 0 Å². The predicted octanol–water partition coefficient (Wildman–Crippen LogP) is 3.11. The Morgan fingerprint density at radius 1 is 1.00 bits per heavy atom. The number of aliphatic hydroxyl groups excluding tert-OH is 1. The molecule has 0 bridgehead atoms. The van der Waals surface area contributed by atoms with Gasteiger partial charge in [0.2, 0.25) is 0 Å². The van der Waals surface area contributed by atoms with Crippen molar-refractivity contribution in [1.29, 1.82) is 0 Å². The zero-order valence-corrected chi connectivity index (χ0v) is 11.9. The van der Waals surface area contributed by atoms with E-state index in [2.05, 4.69) is 29.6 Å². The van der Waals surface area contributed by atoms with Gasteiger partial charge in [-0.05, 0) is 23.3 Å². The fourth-order valence-electron chi connectivity index (χ4n) is 2.51. The molecule has 0 amide bonds. The van der Waals surface area contributed by atoms with Crippen LogP contribution in [0.1, 0.15) is 16.9 Å². The maximum atomic E-state index is 8.84. The second-order valence-corrected chi connectivity index (χ2v) is 5.10. The summed E-state index contributed by atoms with van der Waals surface area (Å²) < 4.78 is 5.94. The molecule has 0 aliphatic rings. The number of furan rings is 1. The Hall–Kier alpha value is -2.10. The third-order valence-corrected chi connectivity index (χ3v) is 3.53. The van der Waals surface area contributed by atoms with E-state index in [0.29, 0.717) is 6.54 Å². The minimum absolute atomic E-state index is 0.153. The fraction of sp³-hybridized carbons (Fsp3) is 0.222. The van der Waals surface area contributed by atoms with Crippen molar-refractivity contribution in [3.05, 3.63) is 71.5 Å². The van der Waals surface area contributed by atoms with Crippen molar-refractivity contribution in [3.8, 4) is 0 Å². The van der Waals surface area contributed by atoms with Crippen LogP contribution in [0.3, 0.4) is 0 Å². The van der Waals surface area contributed by atoms with Gasteiger partial charge in [-0.15, -0.1) is 0 Å². The molecule has 0 aliphatic carbocycles. The van der Waals surface area contributed by atoms with Gasteiger partial charge in [0.1, 0.15) is 11.3 Å². The number of hydrogen-bond acceptors (Lipinski definition) is 3. The number of hydrogen-bond donors (Lipinski definition) is 2. The van der Waals surface area contributed by atoms with E-state index in [0.717, 1.165) is 29.7 Å². The molecule has 3 aromatic rings. The maximum absolute atomic E-state index is 8.84. The average Bonchev–Trinajstić information content (AvgIpc) is 2.92. The minimum Gasteiger partial charge on any atom is -0.461 e. The van der Waals surface area contributed by atoms with E-state index in [9.17, 15) is 0 Å². The minimum atomic E-state index is 0.153. The summed E-state index contributed by atoms with van der Waals surface area (Å²) in [4.78, 5) is 0. The molecule has 0 saturated carbocycles. The van der Waals surface area contributed by atoms with Crippen molar-refractivity contribution in [2.45, 2.75) is 13.0 Å². The van der Waals surface area contributed by atoms with Crippen molar-refractivity contribution < 1.29 is 9.52 Å². The van der Waals surface area contributed by atoms with E-state index >= 15 is 0 Å². The Morgan fingerprint density at radius 2 is 1.86 bits per heavy atom. The molecule has 21 heavy (non-hydrogen) atoms. The summed E-state index contributed by atoms with van der Waals surface area (Å²) in [6, 6.07) is 18.5. The number of rotatable bonds is 6. The topological polar surface area (TPSA) is 45.4 Å². The first-order chi connectivity index (χ1) is 10.4. The number of aliphatic hydroxyl groups is 1. The first-order valence-corrected chi connectivity index (χ1v) is 7.22. The summed E-state index contributed by atoms with van der Waals surface area (Å²) in [6.07, 6.45) is 0.805. The van der Waals surface area contributed by atoms with Gasteiger partial charge in [0, 0.05) is 24.9 Å². The molecule has 0 fully saturated rings. The second kappa shape index (κ2) is 6.57. The highest BCUT2D eigenvalue weighted by atomic mass is 16.3. The molecule has 0 atom stereocenters. The molecule has 2 aromatic carbocycles. The fourth-order valence-corrected chi connectivity index (χ4v) is 2.51. The number of benzene rings is 2. The smallest absolute Gasteiger partial charge is 0.134 e. The van der Waals surface area contributed by atoms with E-state index in [1.54, 1.807) is 0 Å². The van der Waals surface area contributed by atoms with Crippen molar-refractivity contribution in [2.24, 2.45) is 0 Å². The Kier molecular flexibility index (Phi) is 4.34. The second-order valence-electron chi connectivity index (χ2n) is 5.10. The van der Waals surface area contributed by atoms with Crippen LogP contribution in [-0.4, -0.2) is 18.3 Å². The van der Waals surface area contributed by atoms with E-state index < -0.39 is 0 Å². The van der Waals surface area contributed by atoms with Gasteiger partial charge in [-0.3, -0.25) is 0 Å². The Labute approximate surface area is 124 Å². The van der Waals surface area contributed by atoms with Crippen LogP contribution in [0.25, 0.3) is 11.0 Å². The molecule has 2 N–H and O–H groups in total. The van der Waals surface area contributed by atoms with Crippen molar-refractivity contribution >= 4 is 11.0 Å². The first kappa shape index (κ1) is 13.9. The van der Waals surface area contributed by atoms with Gasteiger partial charge in [0.25, 0.3) is 0 Å². The lowest BCUT2D eigenvalue weighted by Gasteiger charge is -2.03. The lowest BCUT2D eigenvalue weighted by atomic mass is 10.1.